The number of halogens is 2. The average molecular weight is 490 g/mol. The number of fused-ring (bicyclic) bond motifs is 1. The molecule has 3 heteroatoms. The van der Waals surface area contributed by atoms with Crippen molar-refractivity contribution in [2.75, 3.05) is 0 Å². The Bertz CT molecular complexity index is 855. The van der Waals surface area contributed by atoms with Crippen LogP contribution in [0.15, 0.2) is 66.3 Å². The fourth-order valence-corrected chi connectivity index (χ4v) is 3.32. The van der Waals surface area contributed by atoms with Crippen LogP contribution in [0.4, 0.5) is 0 Å². The quantitative estimate of drug-likeness (QED) is 0.299. The molecule has 0 aliphatic heterocycles. The van der Waals surface area contributed by atoms with Crippen molar-refractivity contribution in [2.24, 2.45) is 0 Å². The molecule has 0 saturated carbocycles. The van der Waals surface area contributed by atoms with Crippen molar-refractivity contribution in [3.63, 3.8) is 0 Å². The van der Waals surface area contributed by atoms with Gasteiger partial charge >= 0.3 is 37.9 Å². The third kappa shape index (κ3) is 6.06. The van der Waals surface area contributed by atoms with E-state index in [0.29, 0.717) is 0 Å². The summed E-state index contributed by atoms with van der Waals surface area (Å²) in [6, 6.07) is 17.7. The molecule has 0 nitrogen and oxygen atoms in total. The zero-order valence-corrected chi connectivity index (χ0v) is 20.9. The van der Waals surface area contributed by atoms with E-state index in [0.717, 1.165) is 12.0 Å². The van der Waals surface area contributed by atoms with Crippen molar-refractivity contribution in [3.05, 3.63) is 95.1 Å². The van der Waals surface area contributed by atoms with E-state index >= 15 is 0 Å². The van der Waals surface area contributed by atoms with E-state index in [1.165, 1.54) is 27.8 Å². The Morgan fingerprint density at radius 1 is 1.07 bits per heavy atom. The maximum absolute atomic E-state index is 6.03. The SMILES string of the molecule is [CH-]=C(C=CC1C(c2ccc(C(C)(C)C)cc2)=Cc2ccccc21)CC.[Cl][Zr][Cl]. The third-order valence-corrected chi connectivity index (χ3v) is 4.97. The first-order valence-corrected chi connectivity index (χ1v) is 15.8. The average Bonchev–Trinajstić information content (AvgIpc) is 3.04. The van der Waals surface area contributed by atoms with Gasteiger partial charge in [0.05, 0.1) is 0 Å². The molecular formula is C25H27Cl2Zr-. The van der Waals surface area contributed by atoms with E-state index in [1.54, 1.807) is 0 Å². The summed E-state index contributed by atoms with van der Waals surface area (Å²) in [5.74, 6) is 0.266. The molecule has 3 rings (SSSR count). The molecule has 1 aliphatic carbocycles. The Hall–Kier alpha value is -0.877. The molecule has 0 aromatic heterocycles. The normalized spacial score (nSPS) is 15.5. The van der Waals surface area contributed by atoms with Crippen LogP contribution in [0.2, 0.25) is 0 Å². The molecule has 0 amide bonds. The fourth-order valence-electron chi connectivity index (χ4n) is 3.32. The molecule has 2 aromatic rings. The second-order valence-electron chi connectivity index (χ2n) is 7.89. The summed E-state index contributed by atoms with van der Waals surface area (Å²) >= 11 is -0.826. The van der Waals surface area contributed by atoms with Crippen molar-refractivity contribution in [2.45, 2.75) is 45.4 Å². The van der Waals surface area contributed by atoms with Gasteiger partial charge in [0.15, 0.2) is 0 Å². The molecule has 146 valence electrons. The minimum absolute atomic E-state index is 0.176. The standard InChI is InChI=1S/C25H27.2ClH.Zr/c1-6-18(2)11-16-23-22-10-8-7-9-20(22)17-24(23)19-12-14-21(15-13-19)25(3,4)5;;;/h2,7-17,23H,6H2,1,3-5H3;2*1H;/q-1;;;+2/p-2. The van der Waals surface area contributed by atoms with Crippen molar-refractivity contribution < 1.29 is 20.8 Å². The zero-order chi connectivity index (χ0) is 20.7. The van der Waals surface area contributed by atoms with Crippen LogP contribution in [0.3, 0.4) is 0 Å². The van der Waals surface area contributed by atoms with Crippen LogP contribution < -0.4 is 0 Å². The van der Waals surface area contributed by atoms with Gasteiger partial charge in [0, 0.05) is 5.92 Å². The van der Waals surface area contributed by atoms with Crippen molar-refractivity contribution >= 4 is 28.7 Å². The first kappa shape index (κ1) is 23.4. The van der Waals surface area contributed by atoms with Crippen molar-refractivity contribution in [1.82, 2.24) is 0 Å². The van der Waals surface area contributed by atoms with E-state index in [1.807, 2.05) is 0 Å². The van der Waals surface area contributed by atoms with Gasteiger partial charge in [-0.3, -0.25) is 6.58 Å². The van der Waals surface area contributed by atoms with Gasteiger partial charge < -0.3 is 0 Å². The molecule has 2 aromatic carbocycles. The molecule has 0 spiro atoms. The summed E-state index contributed by atoms with van der Waals surface area (Å²) < 4.78 is 0. The Balaban J connectivity index is 0.000000878. The van der Waals surface area contributed by atoms with Gasteiger partial charge in [0.25, 0.3) is 0 Å². The van der Waals surface area contributed by atoms with E-state index in [-0.39, 0.29) is 11.3 Å². The molecular weight excluding hydrogens is 462 g/mol. The van der Waals surface area contributed by atoms with Gasteiger partial charge in [-0.05, 0) is 39.3 Å². The summed E-state index contributed by atoms with van der Waals surface area (Å²) in [5.41, 5.74) is 7.76. The molecule has 0 heterocycles. The first-order valence-electron chi connectivity index (χ1n) is 9.49. The predicted octanol–water partition coefficient (Wildman–Crippen LogP) is 8.32. The Morgan fingerprint density at radius 2 is 1.68 bits per heavy atom. The number of rotatable bonds is 4. The second kappa shape index (κ2) is 10.8. The number of hydrogen-bond acceptors (Lipinski definition) is 0. The molecule has 1 unspecified atom stereocenters. The number of benzene rings is 2. The zero-order valence-electron chi connectivity index (χ0n) is 17.0. The summed E-state index contributed by atoms with van der Waals surface area (Å²) in [7, 11) is 9.87. The molecule has 0 N–H and O–H groups in total. The minimum atomic E-state index is -0.826. The molecule has 0 radical (unpaired) electrons. The predicted molar refractivity (Wildman–Crippen MR) is 121 cm³/mol. The van der Waals surface area contributed by atoms with Gasteiger partial charge in [0.1, 0.15) is 0 Å². The van der Waals surface area contributed by atoms with Gasteiger partial charge in [-0.25, -0.2) is 11.6 Å². The van der Waals surface area contributed by atoms with Crippen LogP contribution in [0.5, 0.6) is 0 Å². The fraction of sp³-hybridized carbons (Fsp3) is 0.280. The topological polar surface area (TPSA) is 0 Å². The summed E-state index contributed by atoms with van der Waals surface area (Å²) in [5, 5.41) is 0. The van der Waals surface area contributed by atoms with E-state index in [2.05, 4.69) is 94.5 Å². The molecule has 0 fully saturated rings. The molecule has 28 heavy (non-hydrogen) atoms. The molecule has 1 aliphatic rings. The van der Waals surface area contributed by atoms with Crippen molar-refractivity contribution in [1.29, 1.82) is 0 Å². The number of hydrogen-bond donors (Lipinski definition) is 0. The van der Waals surface area contributed by atoms with Crippen molar-refractivity contribution in [3.8, 4) is 0 Å². The summed E-state index contributed by atoms with van der Waals surface area (Å²) in [6.07, 6.45) is 7.51. The van der Waals surface area contributed by atoms with Crippen LogP contribution >= 0.6 is 17.0 Å². The van der Waals surface area contributed by atoms with Gasteiger partial charge in [-0.1, -0.05) is 82.6 Å². The van der Waals surface area contributed by atoms with Crippen LogP contribution in [-0.4, -0.2) is 0 Å². The van der Waals surface area contributed by atoms with Gasteiger partial charge in [-0.15, -0.1) is 0 Å². The van der Waals surface area contributed by atoms with Gasteiger partial charge in [-0.2, -0.15) is 6.08 Å². The molecule has 0 saturated heterocycles. The van der Waals surface area contributed by atoms with E-state index in [4.69, 9.17) is 23.6 Å². The number of allylic oxidation sites excluding steroid dienone is 4. The van der Waals surface area contributed by atoms with Crippen LogP contribution in [0.1, 0.15) is 62.3 Å². The Kier molecular flexibility index (Phi) is 9.00. The Morgan fingerprint density at radius 3 is 2.25 bits per heavy atom. The second-order valence-corrected chi connectivity index (χ2v) is 11.6. The third-order valence-electron chi connectivity index (χ3n) is 4.97. The molecule has 0 bridgehead atoms. The van der Waals surface area contributed by atoms with Gasteiger partial charge in [0.2, 0.25) is 0 Å². The monoisotopic (exact) mass is 487 g/mol. The van der Waals surface area contributed by atoms with E-state index < -0.39 is 20.8 Å². The van der Waals surface area contributed by atoms with Crippen LogP contribution in [0.25, 0.3) is 11.6 Å². The maximum atomic E-state index is 6.03. The summed E-state index contributed by atoms with van der Waals surface area (Å²) in [6.45, 7) is 14.9. The van der Waals surface area contributed by atoms with Crippen LogP contribution in [-0.2, 0) is 26.3 Å². The van der Waals surface area contributed by atoms with Crippen LogP contribution in [0, 0.1) is 6.58 Å². The summed E-state index contributed by atoms with van der Waals surface area (Å²) in [4.78, 5) is 0. The molecule has 1 atom stereocenters. The Labute approximate surface area is 189 Å². The van der Waals surface area contributed by atoms with E-state index in [9.17, 15) is 0 Å². The first-order chi connectivity index (χ1) is 13.3.